The molecule has 1 fully saturated rings. The lowest BCUT2D eigenvalue weighted by Gasteiger charge is -2.26. The van der Waals surface area contributed by atoms with Gasteiger partial charge in [-0.3, -0.25) is 4.79 Å². The van der Waals surface area contributed by atoms with Gasteiger partial charge in [-0.25, -0.2) is 0 Å². The number of carbonyl (C=O) groups is 1. The van der Waals surface area contributed by atoms with E-state index in [1.165, 1.54) is 11.3 Å². The first-order chi connectivity index (χ1) is 7.65. The van der Waals surface area contributed by atoms with Gasteiger partial charge in [0.05, 0.1) is 15.3 Å². The summed E-state index contributed by atoms with van der Waals surface area (Å²) in [7, 11) is 0. The number of carboxylic acids is 1. The molecule has 0 amide bonds. The largest absolute Gasteiger partial charge is 0.481 e. The predicted molar refractivity (Wildman–Crippen MR) is 66.3 cm³/mol. The van der Waals surface area contributed by atoms with Crippen molar-refractivity contribution in [3.63, 3.8) is 0 Å². The molecule has 1 heterocycles. The zero-order valence-electron chi connectivity index (χ0n) is 8.78. The number of halogens is 1. The molecule has 1 saturated carbocycles. The van der Waals surface area contributed by atoms with E-state index in [9.17, 15) is 4.79 Å². The van der Waals surface area contributed by atoms with Crippen molar-refractivity contribution in [2.75, 3.05) is 5.32 Å². The highest BCUT2D eigenvalue weighted by Crippen LogP contribution is 2.31. The van der Waals surface area contributed by atoms with Crippen LogP contribution >= 0.6 is 22.9 Å². The molecule has 0 bridgehead atoms. The average Bonchev–Trinajstić information content (AvgIpc) is 2.65. The van der Waals surface area contributed by atoms with Crippen LogP contribution in [0.1, 0.15) is 25.7 Å². The minimum atomic E-state index is -0.655. The van der Waals surface area contributed by atoms with Crippen LogP contribution in [0.4, 0.5) is 5.00 Å². The first-order valence-electron chi connectivity index (χ1n) is 5.40. The van der Waals surface area contributed by atoms with E-state index in [1.54, 1.807) is 0 Å². The maximum atomic E-state index is 10.8. The van der Waals surface area contributed by atoms with Crippen molar-refractivity contribution in [2.45, 2.75) is 31.7 Å². The summed E-state index contributed by atoms with van der Waals surface area (Å²) in [4.78, 5) is 10.8. The Hall–Kier alpha value is -0.740. The van der Waals surface area contributed by atoms with Crippen LogP contribution in [0.2, 0.25) is 4.34 Å². The van der Waals surface area contributed by atoms with Crippen LogP contribution in [-0.2, 0) is 4.79 Å². The molecule has 3 nitrogen and oxygen atoms in total. The van der Waals surface area contributed by atoms with Gasteiger partial charge in [-0.05, 0) is 37.8 Å². The van der Waals surface area contributed by atoms with Crippen molar-refractivity contribution >= 4 is 33.9 Å². The van der Waals surface area contributed by atoms with Crippen LogP contribution in [0.3, 0.4) is 0 Å². The topological polar surface area (TPSA) is 49.3 Å². The normalized spacial score (nSPS) is 25.3. The van der Waals surface area contributed by atoms with Crippen LogP contribution in [0.5, 0.6) is 0 Å². The minimum Gasteiger partial charge on any atom is -0.481 e. The lowest BCUT2D eigenvalue weighted by molar-refractivity contribution is -0.142. The maximum absolute atomic E-state index is 10.8. The Morgan fingerprint density at radius 1 is 1.38 bits per heavy atom. The Bertz CT molecular complexity index is 372. The van der Waals surface area contributed by atoms with Crippen molar-refractivity contribution in [1.82, 2.24) is 0 Å². The second-order valence-corrected chi connectivity index (χ2v) is 5.85. The quantitative estimate of drug-likeness (QED) is 0.874. The second-order valence-electron chi connectivity index (χ2n) is 4.13. The van der Waals surface area contributed by atoms with E-state index in [2.05, 4.69) is 5.32 Å². The molecule has 0 atom stereocenters. The summed E-state index contributed by atoms with van der Waals surface area (Å²) in [6.07, 6.45) is 3.39. The fraction of sp³-hybridized carbons (Fsp3) is 0.545. The molecule has 5 heteroatoms. The molecule has 2 rings (SSSR count). The van der Waals surface area contributed by atoms with E-state index in [4.69, 9.17) is 16.7 Å². The average molecular weight is 260 g/mol. The predicted octanol–water partition coefficient (Wildman–Crippen LogP) is 3.46. The molecule has 1 aromatic rings. The van der Waals surface area contributed by atoms with Crippen LogP contribution < -0.4 is 5.32 Å². The number of hydrogen-bond acceptors (Lipinski definition) is 3. The molecule has 16 heavy (non-hydrogen) atoms. The fourth-order valence-electron chi connectivity index (χ4n) is 2.08. The number of hydrogen-bond donors (Lipinski definition) is 2. The lowest BCUT2D eigenvalue weighted by atomic mass is 9.86. The molecule has 1 aliphatic rings. The highest BCUT2D eigenvalue weighted by molar-refractivity contribution is 7.19. The van der Waals surface area contributed by atoms with Gasteiger partial charge in [0.2, 0.25) is 0 Å². The van der Waals surface area contributed by atoms with Crippen LogP contribution in [-0.4, -0.2) is 17.1 Å². The smallest absolute Gasteiger partial charge is 0.306 e. The van der Waals surface area contributed by atoms with E-state index < -0.39 is 5.97 Å². The summed E-state index contributed by atoms with van der Waals surface area (Å²) in [5, 5.41) is 13.4. The van der Waals surface area contributed by atoms with Crippen LogP contribution in [0.15, 0.2) is 12.1 Å². The van der Waals surface area contributed by atoms with E-state index >= 15 is 0 Å². The molecule has 1 aliphatic carbocycles. The van der Waals surface area contributed by atoms with Gasteiger partial charge >= 0.3 is 5.97 Å². The first kappa shape index (κ1) is 11.7. The molecule has 0 unspecified atom stereocenters. The third kappa shape index (κ3) is 2.89. The lowest BCUT2D eigenvalue weighted by Crippen LogP contribution is -2.28. The standard InChI is InChI=1S/C11H14ClNO2S/c12-9-5-6-10(16-9)13-8-3-1-7(2-4-8)11(14)15/h5-8,13H,1-4H2,(H,14,15). The van der Waals surface area contributed by atoms with Crippen molar-refractivity contribution < 1.29 is 9.90 Å². The van der Waals surface area contributed by atoms with Gasteiger partial charge in [0, 0.05) is 6.04 Å². The molecule has 2 N–H and O–H groups in total. The summed E-state index contributed by atoms with van der Waals surface area (Å²) >= 11 is 7.37. The summed E-state index contributed by atoms with van der Waals surface area (Å²) in [5.41, 5.74) is 0. The highest BCUT2D eigenvalue weighted by Gasteiger charge is 2.25. The molecule has 0 aliphatic heterocycles. The van der Waals surface area contributed by atoms with Gasteiger partial charge in [0.15, 0.2) is 0 Å². The van der Waals surface area contributed by atoms with Gasteiger partial charge in [0.25, 0.3) is 0 Å². The number of aliphatic carboxylic acids is 1. The monoisotopic (exact) mass is 259 g/mol. The van der Waals surface area contributed by atoms with E-state index in [1.807, 2.05) is 12.1 Å². The van der Waals surface area contributed by atoms with Gasteiger partial charge in [0.1, 0.15) is 0 Å². The van der Waals surface area contributed by atoms with E-state index in [0.29, 0.717) is 6.04 Å². The summed E-state index contributed by atoms with van der Waals surface area (Å²) in [6, 6.07) is 4.23. The molecule has 1 aromatic heterocycles. The van der Waals surface area contributed by atoms with Crippen molar-refractivity contribution in [2.24, 2.45) is 5.92 Å². The molecule has 88 valence electrons. The van der Waals surface area contributed by atoms with Crippen LogP contribution in [0.25, 0.3) is 0 Å². The molecular weight excluding hydrogens is 246 g/mol. The first-order valence-corrected chi connectivity index (χ1v) is 6.59. The number of thiophene rings is 1. The van der Waals surface area contributed by atoms with Crippen molar-refractivity contribution in [3.8, 4) is 0 Å². The van der Waals surface area contributed by atoms with Gasteiger partial charge in [-0.15, -0.1) is 11.3 Å². The van der Waals surface area contributed by atoms with Crippen LogP contribution in [0, 0.1) is 5.92 Å². The fourth-order valence-corrected chi connectivity index (χ4v) is 3.10. The summed E-state index contributed by atoms with van der Waals surface area (Å²) in [5.74, 6) is -0.803. The molecule has 0 saturated heterocycles. The SMILES string of the molecule is O=C(O)C1CCC(Nc2ccc(Cl)s2)CC1. The Kier molecular flexibility index (Phi) is 3.71. The molecule has 0 spiro atoms. The summed E-state index contributed by atoms with van der Waals surface area (Å²) in [6.45, 7) is 0. The minimum absolute atomic E-state index is 0.148. The zero-order chi connectivity index (χ0) is 11.5. The summed E-state index contributed by atoms with van der Waals surface area (Å²) < 4.78 is 0.779. The third-order valence-corrected chi connectivity index (χ3v) is 4.16. The number of carboxylic acid groups (broad SMARTS) is 1. The highest BCUT2D eigenvalue weighted by atomic mass is 35.5. The Morgan fingerprint density at radius 2 is 2.06 bits per heavy atom. The van der Waals surface area contributed by atoms with Gasteiger partial charge in [-0.1, -0.05) is 11.6 Å². The molecule has 0 radical (unpaired) electrons. The maximum Gasteiger partial charge on any atom is 0.306 e. The van der Waals surface area contributed by atoms with E-state index in [-0.39, 0.29) is 5.92 Å². The Morgan fingerprint density at radius 3 is 2.56 bits per heavy atom. The number of anilines is 1. The molecule has 0 aromatic carbocycles. The second kappa shape index (κ2) is 5.06. The van der Waals surface area contributed by atoms with Gasteiger partial charge in [-0.2, -0.15) is 0 Å². The Balaban J connectivity index is 1.83. The molecular formula is C11H14ClNO2S. The van der Waals surface area contributed by atoms with Crippen molar-refractivity contribution in [1.29, 1.82) is 0 Å². The van der Waals surface area contributed by atoms with Gasteiger partial charge < -0.3 is 10.4 Å². The van der Waals surface area contributed by atoms with E-state index in [0.717, 1.165) is 35.0 Å². The number of nitrogens with one attached hydrogen (secondary N) is 1. The number of rotatable bonds is 3. The Labute approximate surface area is 103 Å². The van der Waals surface area contributed by atoms with Crippen molar-refractivity contribution in [3.05, 3.63) is 16.5 Å². The third-order valence-electron chi connectivity index (χ3n) is 3.00. The zero-order valence-corrected chi connectivity index (χ0v) is 10.4.